The molecule has 4 aromatic heterocycles. The summed E-state index contributed by atoms with van der Waals surface area (Å²) in [6.07, 6.45) is 2.54. The Labute approximate surface area is 211 Å². The van der Waals surface area contributed by atoms with E-state index in [-0.39, 0.29) is 18.2 Å². The first-order chi connectivity index (χ1) is 17.8. The summed E-state index contributed by atoms with van der Waals surface area (Å²) < 4.78 is 43.7. The van der Waals surface area contributed by atoms with Crippen LogP contribution in [-0.4, -0.2) is 66.3 Å². The molecule has 0 saturated heterocycles. The summed E-state index contributed by atoms with van der Waals surface area (Å²) in [6.45, 7) is -1.52. The Morgan fingerprint density at radius 1 is 1.35 bits per heavy atom. The van der Waals surface area contributed by atoms with Crippen LogP contribution in [-0.2, 0) is 9.53 Å². The molecule has 1 amide bonds. The Morgan fingerprint density at radius 2 is 2.14 bits per heavy atom. The molecular formula is C22H20F3N7O4S. The zero-order chi connectivity index (χ0) is 26.4. The molecule has 0 bridgehead atoms. The minimum Gasteiger partial charge on any atom is -0.483 e. The SMILES string of the molecule is O=C(Nc1cn(C2CC(OCC(F)(F)F)C2)nc1-c1ccccn1)c1csc(-c2cn[nH]c2)n1.O=CO. The zero-order valence-corrected chi connectivity index (χ0v) is 19.7. The lowest BCUT2D eigenvalue weighted by Crippen LogP contribution is -2.36. The van der Waals surface area contributed by atoms with Crippen molar-refractivity contribution in [3.63, 3.8) is 0 Å². The number of aromatic nitrogens is 6. The van der Waals surface area contributed by atoms with Crippen LogP contribution in [0.15, 0.2) is 48.4 Å². The van der Waals surface area contributed by atoms with Crippen molar-refractivity contribution in [2.24, 2.45) is 0 Å². The Bertz CT molecular complexity index is 1320. The van der Waals surface area contributed by atoms with Gasteiger partial charge in [-0.1, -0.05) is 6.07 Å². The molecule has 0 unspecified atom stereocenters. The molecular weight excluding hydrogens is 515 g/mol. The molecule has 4 aromatic rings. The topological polar surface area (TPSA) is 148 Å². The minimum atomic E-state index is -4.35. The van der Waals surface area contributed by atoms with Crippen molar-refractivity contribution >= 4 is 29.4 Å². The number of thiazole rings is 1. The smallest absolute Gasteiger partial charge is 0.411 e. The molecule has 1 aliphatic rings. The number of halogens is 3. The molecule has 0 spiro atoms. The summed E-state index contributed by atoms with van der Waals surface area (Å²) in [5.41, 5.74) is 2.46. The van der Waals surface area contributed by atoms with Crippen LogP contribution < -0.4 is 5.32 Å². The lowest BCUT2D eigenvalue weighted by atomic mass is 9.89. The Hall–Kier alpha value is -4.11. The molecule has 0 aliphatic heterocycles. The van der Waals surface area contributed by atoms with Crippen molar-refractivity contribution in [3.05, 3.63) is 54.1 Å². The van der Waals surface area contributed by atoms with Crippen LogP contribution in [0.5, 0.6) is 0 Å². The van der Waals surface area contributed by atoms with Crippen LogP contribution in [0.4, 0.5) is 18.9 Å². The highest BCUT2D eigenvalue weighted by Gasteiger charge is 2.36. The maximum atomic E-state index is 12.9. The molecule has 0 aromatic carbocycles. The molecule has 11 nitrogen and oxygen atoms in total. The third-order valence-electron chi connectivity index (χ3n) is 5.30. The second kappa shape index (κ2) is 11.3. The number of nitrogens with zero attached hydrogens (tertiary/aromatic N) is 5. The van der Waals surface area contributed by atoms with Gasteiger partial charge in [-0.15, -0.1) is 11.3 Å². The molecule has 5 rings (SSSR count). The largest absolute Gasteiger partial charge is 0.483 e. The van der Waals surface area contributed by atoms with E-state index in [0.29, 0.717) is 34.9 Å². The summed E-state index contributed by atoms with van der Waals surface area (Å²) in [4.78, 5) is 29.9. The molecule has 1 aliphatic carbocycles. The van der Waals surface area contributed by atoms with Gasteiger partial charge in [0.15, 0.2) is 0 Å². The van der Waals surface area contributed by atoms with Crippen molar-refractivity contribution in [1.29, 1.82) is 0 Å². The highest BCUT2D eigenvalue weighted by atomic mass is 32.1. The predicted molar refractivity (Wildman–Crippen MR) is 126 cm³/mol. The van der Waals surface area contributed by atoms with Gasteiger partial charge in [0.05, 0.1) is 29.7 Å². The van der Waals surface area contributed by atoms with Crippen LogP contribution in [0.3, 0.4) is 0 Å². The average molecular weight is 536 g/mol. The van der Waals surface area contributed by atoms with E-state index in [1.165, 1.54) is 11.3 Å². The van der Waals surface area contributed by atoms with Crippen molar-refractivity contribution in [2.75, 3.05) is 11.9 Å². The van der Waals surface area contributed by atoms with E-state index in [2.05, 4.69) is 30.6 Å². The number of H-pyrrole nitrogens is 1. The fraction of sp³-hybridized carbons (Fsp3) is 0.273. The van der Waals surface area contributed by atoms with E-state index in [9.17, 15) is 18.0 Å². The van der Waals surface area contributed by atoms with Crippen LogP contribution in [0, 0.1) is 0 Å². The molecule has 37 heavy (non-hydrogen) atoms. The van der Waals surface area contributed by atoms with Crippen molar-refractivity contribution in [1.82, 2.24) is 29.9 Å². The molecule has 0 radical (unpaired) electrons. The zero-order valence-electron chi connectivity index (χ0n) is 18.9. The lowest BCUT2D eigenvalue weighted by Gasteiger charge is -2.35. The van der Waals surface area contributed by atoms with E-state index in [1.54, 1.807) is 53.0 Å². The number of amides is 1. The van der Waals surface area contributed by atoms with Gasteiger partial charge in [-0.2, -0.15) is 23.4 Å². The van der Waals surface area contributed by atoms with Crippen LogP contribution in [0.2, 0.25) is 0 Å². The number of rotatable bonds is 7. The predicted octanol–water partition coefficient (Wildman–Crippen LogP) is 4.03. The van der Waals surface area contributed by atoms with E-state index in [0.717, 1.165) is 5.56 Å². The fourth-order valence-corrected chi connectivity index (χ4v) is 4.31. The Morgan fingerprint density at radius 3 is 2.78 bits per heavy atom. The van der Waals surface area contributed by atoms with Gasteiger partial charge in [-0.05, 0) is 25.0 Å². The number of alkyl halides is 3. The number of carboxylic acid groups (broad SMARTS) is 1. The molecule has 1 saturated carbocycles. The number of carbonyl (C=O) groups excluding carboxylic acids is 1. The van der Waals surface area contributed by atoms with Gasteiger partial charge in [-0.25, -0.2) is 4.98 Å². The highest BCUT2D eigenvalue weighted by molar-refractivity contribution is 7.13. The number of ether oxygens (including phenoxy) is 1. The summed E-state index contributed by atoms with van der Waals surface area (Å²) >= 11 is 1.32. The molecule has 4 heterocycles. The summed E-state index contributed by atoms with van der Waals surface area (Å²) in [5, 5.41) is 23.2. The summed E-state index contributed by atoms with van der Waals surface area (Å²) in [6, 6.07) is 5.19. The number of hydrogen-bond donors (Lipinski definition) is 3. The van der Waals surface area contributed by atoms with Crippen molar-refractivity contribution in [2.45, 2.75) is 31.2 Å². The monoisotopic (exact) mass is 535 g/mol. The first kappa shape index (κ1) is 26.0. The van der Waals surface area contributed by atoms with Gasteiger partial charge in [0.1, 0.15) is 23.0 Å². The maximum absolute atomic E-state index is 12.9. The van der Waals surface area contributed by atoms with Crippen LogP contribution in [0.25, 0.3) is 22.0 Å². The van der Waals surface area contributed by atoms with Crippen molar-refractivity contribution in [3.8, 4) is 22.0 Å². The number of hydrogen-bond acceptors (Lipinski definition) is 8. The molecule has 0 atom stereocenters. The third-order valence-corrected chi connectivity index (χ3v) is 6.19. The van der Waals surface area contributed by atoms with Gasteiger partial charge in [-0.3, -0.25) is 24.4 Å². The third kappa shape index (κ3) is 6.56. The van der Waals surface area contributed by atoms with Gasteiger partial charge in [0.2, 0.25) is 0 Å². The maximum Gasteiger partial charge on any atom is 0.411 e. The standard InChI is InChI=1S/C21H18F3N7O2S.CH2O2/c22-21(23,24)11-33-14-5-13(6-14)31-9-16(18(30-31)15-3-1-2-4-25-15)28-19(32)17-10-34-20(29-17)12-7-26-27-8-12;2-1-3/h1-4,7-10,13-14H,5-6,11H2,(H,26,27)(H,28,32);1H,(H,2,3). The quantitative estimate of drug-likeness (QED) is 0.301. The van der Waals surface area contributed by atoms with E-state index in [1.807, 2.05) is 0 Å². The van der Waals surface area contributed by atoms with Crippen molar-refractivity contribution < 1.29 is 32.6 Å². The average Bonchev–Trinajstić information content (AvgIpc) is 3.59. The van der Waals surface area contributed by atoms with Gasteiger partial charge in [0, 0.05) is 29.5 Å². The second-order valence-corrected chi connectivity index (χ2v) is 8.70. The lowest BCUT2D eigenvalue weighted by molar-refractivity contribution is -0.196. The first-order valence-corrected chi connectivity index (χ1v) is 11.7. The van der Waals surface area contributed by atoms with Crippen LogP contribution >= 0.6 is 11.3 Å². The van der Waals surface area contributed by atoms with Gasteiger partial charge >= 0.3 is 6.18 Å². The summed E-state index contributed by atoms with van der Waals surface area (Å²) in [5.74, 6) is -0.414. The number of anilines is 1. The summed E-state index contributed by atoms with van der Waals surface area (Å²) in [7, 11) is 0. The Kier molecular flexibility index (Phi) is 7.93. The normalized spacial score (nSPS) is 16.8. The molecule has 15 heteroatoms. The molecule has 3 N–H and O–H groups in total. The van der Waals surface area contributed by atoms with Crippen LogP contribution in [0.1, 0.15) is 29.4 Å². The fourth-order valence-electron chi connectivity index (χ4n) is 3.53. The first-order valence-electron chi connectivity index (χ1n) is 10.8. The van der Waals surface area contributed by atoms with E-state index in [4.69, 9.17) is 14.6 Å². The number of carbonyl (C=O) groups is 2. The molecule has 1 fully saturated rings. The van der Waals surface area contributed by atoms with E-state index >= 15 is 0 Å². The minimum absolute atomic E-state index is 0.140. The van der Waals surface area contributed by atoms with Gasteiger partial charge in [0.25, 0.3) is 12.4 Å². The Balaban J connectivity index is 0.00000102. The van der Waals surface area contributed by atoms with E-state index < -0.39 is 24.8 Å². The second-order valence-electron chi connectivity index (χ2n) is 7.84. The van der Waals surface area contributed by atoms with Gasteiger partial charge < -0.3 is 15.2 Å². The number of pyridine rings is 1. The number of aromatic amines is 1. The number of nitrogens with one attached hydrogen (secondary N) is 2. The molecule has 194 valence electrons. The highest BCUT2D eigenvalue weighted by Crippen LogP contribution is 2.37.